The molecule has 2 aromatic rings. The number of halogens is 3. The van der Waals surface area contributed by atoms with Crippen molar-refractivity contribution in [3.8, 4) is 5.75 Å². The largest absolute Gasteiger partial charge is 0.464 e. The molecule has 0 heterocycles. The number of hydrogen-bond donors (Lipinski definition) is 1. The highest BCUT2D eigenvalue weighted by Crippen LogP contribution is 2.50. The number of nitrogens with zero attached hydrogens (tertiary/aromatic N) is 1. The standard InChI is InChI=1S/C24H20I3NO11S/c25-14-9-16(21(27)17(26)10-14)24(31)39-20-7-11(1-2-18(20)28(32)33)22(29)38-19-8-12-5-13(19)6-15(12)23(30)37-3-4-40(34,35)36/h1-2,7,9-10,12-13,15,19H,3-6,8H2,(H,34,35,36). The van der Waals surface area contributed by atoms with Gasteiger partial charge in [0, 0.05) is 22.8 Å². The zero-order valence-electron chi connectivity index (χ0n) is 20.3. The van der Waals surface area contributed by atoms with E-state index >= 15 is 0 Å². The van der Waals surface area contributed by atoms with Gasteiger partial charge in [0.05, 0.1) is 22.0 Å². The van der Waals surface area contributed by atoms with Gasteiger partial charge in [-0.1, -0.05) is 0 Å². The van der Waals surface area contributed by atoms with Gasteiger partial charge in [0.25, 0.3) is 10.1 Å². The average molecular weight is 911 g/mol. The van der Waals surface area contributed by atoms with Crippen LogP contribution < -0.4 is 4.74 Å². The maximum Gasteiger partial charge on any atom is 0.344 e. The van der Waals surface area contributed by atoms with E-state index in [1.54, 1.807) is 6.07 Å². The number of nitro benzene ring substituents is 1. The second-order valence-electron chi connectivity index (χ2n) is 9.31. The number of rotatable bonds is 9. The fourth-order valence-corrected chi connectivity index (χ4v) is 7.62. The molecule has 0 spiro atoms. The van der Waals surface area contributed by atoms with E-state index in [2.05, 4.69) is 22.6 Å². The minimum absolute atomic E-state index is 0.0377. The number of hydrogen-bond acceptors (Lipinski definition) is 10. The molecule has 1 N–H and O–H groups in total. The third-order valence-corrected chi connectivity index (χ3v) is 11.1. The molecule has 2 aromatic carbocycles. The van der Waals surface area contributed by atoms with Crippen LogP contribution in [0.1, 0.15) is 40.0 Å². The van der Waals surface area contributed by atoms with Crippen LogP contribution in [-0.4, -0.2) is 54.3 Å². The van der Waals surface area contributed by atoms with Gasteiger partial charge in [0.1, 0.15) is 18.5 Å². The Morgan fingerprint density at radius 3 is 2.38 bits per heavy atom. The lowest BCUT2D eigenvalue weighted by Gasteiger charge is -2.26. The molecule has 2 aliphatic rings. The second-order valence-corrected chi connectivity index (χ2v) is 14.4. The van der Waals surface area contributed by atoms with E-state index in [0.29, 0.717) is 22.8 Å². The number of nitro groups is 1. The summed E-state index contributed by atoms with van der Waals surface area (Å²) >= 11 is 6.10. The van der Waals surface area contributed by atoms with Crippen LogP contribution in [0, 0.1) is 38.6 Å². The molecule has 0 amide bonds. The zero-order valence-corrected chi connectivity index (χ0v) is 27.5. The summed E-state index contributed by atoms with van der Waals surface area (Å²) < 4.78 is 48.6. The predicted molar refractivity (Wildman–Crippen MR) is 164 cm³/mol. The molecule has 12 nitrogen and oxygen atoms in total. The van der Waals surface area contributed by atoms with Gasteiger partial charge in [-0.3, -0.25) is 19.5 Å². The highest BCUT2D eigenvalue weighted by molar-refractivity contribution is 14.1. The van der Waals surface area contributed by atoms with E-state index in [-0.39, 0.29) is 23.0 Å². The van der Waals surface area contributed by atoms with E-state index in [4.69, 9.17) is 18.8 Å². The summed E-state index contributed by atoms with van der Waals surface area (Å²) in [5.41, 5.74) is -0.299. The van der Waals surface area contributed by atoms with Crippen molar-refractivity contribution >= 4 is 101 Å². The number of esters is 3. The van der Waals surface area contributed by atoms with Crippen LogP contribution in [0.5, 0.6) is 5.75 Å². The summed E-state index contributed by atoms with van der Waals surface area (Å²) in [5, 5.41) is 11.6. The normalized spacial score (nSPS) is 21.6. The van der Waals surface area contributed by atoms with Gasteiger partial charge in [0.2, 0.25) is 5.75 Å². The van der Waals surface area contributed by atoms with Crippen LogP contribution >= 0.6 is 67.8 Å². The van der Waals surface area contributed by atoms with Crippen molar-refractivity contribution in [2.24, 2.45) is 17.8 Å². The first kappa shape index (κ1) is 31.3. The third-order valence-electron chi connectivity index (χ3n) is 6.75. The van der Waals surface area contributed by atoms with Gasteiger partial charge in [-0.05, 0) is 117 Å². The van der Waals surface area contributed by atoms with Crippen molar-refractivity contribution < 1.29 is 46.5 Å². The van der Waals surface area contributed by atoms with Crippen LogP contribution in [0.3, 0.4) is 0 Å². The minimum Gasteiger partial charge on any atom is -0.464 e. The molecule has 2 fully saturated rings. The Morgan fingerprint density at radius 1 is 1.02 bits per heavy atom. The molecule has 0 aliphatic heterocycles. The average Bonchev–Trinajstić information content (AvgIpc) is 3.45. The molecule has 40 heavy (non-hydrogen) atoms. The molecule has 0 aromatic heterocycles. The number of ether oxygens (including phenoxy) is 3. The van der Waals surface area contributed by atoms with Crippen molar-refractivity contribution in [1.29, 1.82) is 0 Å². The van der Waals surface area contributed by atoms with Crippen LogP contribution in [0.15, 0.2) is 30.3 Å². The number of fused-ring (bicyclic) bond motifs is 2. The fourth-order valence-electron chi connectivity index (χ4n) is 4.95. The quantitative estimate of drug-likeness (QED) is 0.0707. The van der Waals surface area contributed by atoms with Crippen molar-refractivity contribution in [2.45, 2.75) is 25.4 Å². The molecule has 16 heteroatoms. The molecule has 0 saturated heterocycles. The summed E-state index contributed by atoms with van der Waals surface area (Å²) in [6.07, 6.45) is 0.916. The van der Waals surface area contributed by atoms with Crippen molar-refractivity contribution in [3.05, 3.63) is 62.3 Å². The first-order valence-electron chi connectivity index (χ1n) is 11.7. The van der Waals surface area contributed by atoms with Crippen molar-refractivity contribution in [2.75, 3.05) is 12.4 Å². The Bertz CT molecular complexity index is 1500. The summed E-state index contributed by atoms with van der Waals surface area (Å²) in [6.45, 7) is -0.446. The van der Waals surface area contributed by atoms with Crippen LogP contribution in [0.25, 0.3) is 0 Å². The molecular formula is C24H20I3NO11S. The highest BCUT2D eigenvalue weighted by Gasteiger charge is 2.51. The Hall–Kier alpha value is -1.65. The predicted octanol–water partition coefficient (Wildman–Crippen LogP) is 4.63. The topological polar surface area (TPSA) is 176 Å². The van der Waals surface area contributed by atoms with E-state index in [0.717, 1.165) is 19.3 Å². The lowest BCUT2D eigenvalue weighted by atomic mass is 9.87. The van der Waals surface area contributed by atoms with E-state index in [1.807, 2.05) is 51.2 Å². The number of benzene rings is 2. The number of carbonyl (C=O) groups excluding carboxylic acids is 3. The van der Waals surface area contributed by atoms with Crippen LogP contribution in [-0.2, 0) is 24.4 Å². The van der Waals surface area contributed by atoms with Gasteiger partial charge in [-0.25, -0.2) is 9.59 Å². The van der Waals surface area contributed by atoms with Gasteiger partial charge < -0.3 is 14.2 Å². The molecule has 214 valence electrons. The lowest BCUT2D eigenvalue weighted by Crippen LogP contribution is -2.32. The van der Waals surface area contributed by atoms with Gasteiger partial charge in [-0.2, -0.15) is 8.42 Å². The maximum absolute atomic E-state index is 13.0. The summed E-state index contributed by atoms with van der Waals surface area (Å²) in [6, 6.07) is 6.86. The summed E-state index contributed by atoms with van der Waals surface area (Å²) in [7, 11) is -4.24. The number of carbonyl (C=O) groups is 3. The van der Waals surface area contributed by atoms with Crippen LogP contribution in [0.4, 0.5) is 5.69 Å². The Kier molecular flexibility index (Phi) is 9.93. The Balaban J connectivity index is 1.42. The summed E-state index contributed by atoms with van der Waals surface area (Å²) in [4.78, 5) is 49.1. The van der Waals surface area contributed by atoms with Crippen molar-refractivity contribution in [1.82, 2.24) is 0 Å². The monoisotopic (exact) mass is 911 g/mol. The lowest BCUT2D eigenvalue weighted by molar-refractivity contribution is -0.385. The molecule has 0 radical (unpaired) electrons. The van der Waals surface area contributed by atoms with Crippen LogP contribution in [0.2, 0.25) is 0 Å². The Morgan fingerprint density at radius 2 is 1.75 bits per heavy atom. The van der Waals surface area contributed by atoms with E-state index in [9.17, 15) is 32.9 Å². The van der Waals surface area contributed by atoms with Gasteiger partial charge in [0.15, 0.2) is 0 Å². The second kappa shape index (κ2) is 12.7. The highest BCUT2D eigenvalue weighted by atomic mass is 127. The van der Waals surface area contributed by atoms with E-state index in [1.165, 1.54) is 6.07 Å². The van der Waals surface area contributed by atoms with Gasteiger partial charge >= 0.3 is 23.6 Å². The first-order chi connectivity index (χ1) is 18.7. The van der Waals surface area contributed by atoms with Gasteiger partial charge in [-0.15, -0.1) is 0 Å². The molecule has 4 rings (SSSR count). The first-order valence-corrected chi connectivity index (χ1v) is 16.6. The molecule has 2 aliphatic carbocycles. The zero-order chi connectivity index (χ0) is 29.4. The Labute approximate surface area is 269 Å². The van der Waals surface area contributed by atoms with E-state index < -0.39 is 68.8 Å². The fraction of sp³-hybridized carbons (Fsp3) is 0.375. The summed E-state index contributed by atoms with van der Waals surface area (Å²) in [5.74, 6) is -3.89. The smallest absolute Gasteiger partial charge is 0.344 e. The molecule has 4 unspecified atom stereocenters. The molecule has 2 bridgehead atoms. The van der Waals surface area contributed by atoms with Crippen molar-refractivity contribution in [3.63, 3.8) is 0 Å². The SMILES string of the molecule is O=C(OC1CC2CC1CC2C(=O)OCCS(=O)(=O)O)c1ccc([N+](=O)[O-])c(OC(=O)c2cc(I)cc(I)c2I)c1. The minimum atomic E-state index is -4.24. The molecule has 4 atom stereocenters. The maximum atomic E-state index is 13.0. The molecular weight excluding hydrogens is 891 g/mol. The third kappa shape index (κ3) is 7.40. The molecule has 2 saturated carbocycles.